The number of piperidine rings is 1. The van der Waals surface area contributed by atoms with Gasteiger partial charge in [0.05, 0.1) is 6.54 Å². The van der Waals surface area contributed by atoms with Crippen LogP contribution >= 0.6 is 11.3 Å². The van der Waals surface area contributed by atoms with Crippen molar-refractivity contribution in [3.05, 3.63) is 52.2 Å². The number of amides is 1. The fourth-order valence-electron chi connectivity index (χ4n) is 3.34. The molecule has 6 heteroatoms. The lowest BCUT2D eigenvalue weighted by Crippen LogP contribution is -2.47. The molecule has 1 saturated heterocycles. The summed E-state index contributed by atoms with van der Waals surface area (Å²) in [5.41, 5.74) is 0.931. The summed E-state index contributed by atoms with van der Waals surface area (Å²) >= 11 is 1.69. The molecule has 1 N–H and O–H groups in total. The van der Waals surface area contributed by atoms with Gasteiger partial charge in [0.2, 0.25) is 12.7 Å². The largest absolute Gasteiger partial charge is 0.454 e. The van der Waals surface area contributed by atoms with Crippen LogP contribution in [0.3, 0.4) is 0 Å². The van der Waals surface area contributed by atoms with Gasteiger partial charge in [-0.3, -0.25) is 4.79 Å². The van der Waals surface area contributed by atoms with Crippen LogP contribution in [0.15, 0.2) is 41.8 Å². The average Bonchev–Trinajstić information content (AvgIpc) is 3.36. The Bertz CT molecular complexity index is 782. The zero-order chi connectivity index (χ0) is 17.8. The molecule has 1 unspecified atom stereocenters. The van der Waals surface area contributed by atoms with Crippen molar-refractivity contribution in [1.82, 2.24) is 10.2 Å². The number of thiophene rings is 1. The third-order valence-electron chi connectivity index (χ3n) is 4.72. The Morgan fingerprint density at radius 3 is 3.04 bits per heavy atom. The molecule has 0 radical (unpaired) electrons. The number of rotatable bonds is 5. The van der Waals surface area contributed by atoms with Crippen LogP contribution in [-0.2, 0) is 11.3 Å². The number of hydrogen-bond acceptors (Lipinski definition) is 5. The molecular weight excluding hydrogens is 348 g/mol. The third kappa shape index (κ3) is 3.92. The Kier molecular flexibility index (Phi) is 5.22. The second-order valence-corrected chi connectivity index (χ2v) is 7.52. The number of benzene rings is 1. The molecular formula is C20H22N2O3S. The first kappa shape index (κ1) is 17.1. The van der Waals surface area contributed by atoms with E-state index in [1.165, 1.54) is 4.88 Å². The van der Waals surface area contributed by atoms with E-state index >= 15 is 0 Å². The number of carbonyl (C=O) groups is 1. The number of nitrogens with one attached hydrogen (secondary N) is 1. The Balaban J connectivity index is 1.49. The molecule has 4 rings (SSSR count). The van der Waals surface area contributed by atoms with E-state index in [0.29, 0.717) is 6.54 Å². The Morgan fingerprint density at radius 2 is 2.23 bits per heavy atom. The van der Waals surface area contributed by atoms with Crippen LogP contribution in [0, 0.1) is 0 Å². The molecule has 2 aliphatic rings. The summed E-state index contributed by atoms with van der Waals surface area (Å²) in [6.45, 7) is 2.80. The molecule has 0 aliphatic carbocycles. The van der Waals surface area contributed by atoms with Crippen molar-refractivity contribution >= 4 is 23.3 Å². The second kappa shape index (κ2) is 7.93. The number of nitrogens with zero attached hydrogens (tertiary/aromatic N) is 1. The van der Waals surface area contributed by atoms with Gasteiger partial charge in [0, 0.05) is 23.5 Å². The average molecular weight is 370 g/mol. The third-order valence-corrected chi connectivity index (χ3v) is 5.58. The summed E-state index contributed by atoms with van der Waals surface area (Å²) in [7, 11) is 0. The molecule has 1 aromatic heterocycles. The summed E-state index contributed by atoms with van der Waals surface area (Å²) in [6, 6.07) is 10.1. The van der Waals surface area contributed by atoms with Gasteiger partial charge in [-0.05, 0) is 54.6 Å². The lowest BCUT2D eigenvalue weighted by Gasteiger charge is -2.34. The number of hydrogen-bond donors (Lipinski definition) is 1. The highest BCUT2D eigenvalue weighted by atomic mass is 32.1. The van der Waals surface area contributed by atoms with E-state index in [1.54, 1.807) is 17.4 Å². The summed E-state index contributed by atoms with van der Waals surface area (Å²) in [4.78, 5) is 16.1. The van der Waals surface area contributed by atoms with E-state index in [9.17, 15) is 4.79 Å². The molecule has 1 atom stereocenters. The highest BCUT2D eigenvalue weighted by Crippen LogP contribution is 2.32. The molecule has 5 nitrogen and oxygen atoms in total. The summed E-state index contributed by atoms with van der Waals surface area (Å²) in [5, 5.41) is 5.46. The highest BCUT2D eigenvalue weighted by Gasteiger charge is 2.24. The van der Waals surface area contributed by atoms with Gasteiger partial charge >= 0.3 is 0 Å². The van der Waals surface area contributed by atoms with Gasteiger partial charge in [0.25, 0.3) is 0 Å². The summed E-state index contributed by atoms with van der Waals surface area (Å²) in [5.74, 6) is 1.53. The van der Waals surface area contributed by atoms with E-state index in [0.717, 1.165) is 43.0 Å². The van der Waals surface area contributed by atoms with Crippen LogP contribution in [0.2, 0.25) is 0 Å². The van der Waals surface area contributed by atoms with Crippen molar-refractivity contribution in [2.24, 2.45) is 0 Å². The number of fused-ring (bicyclic) bond motifs is 1. The van der Waals surface area contributed by atoms with Crippen LogP contribution in [-0.4, -0.2) is 36.7 Å². The summed E-state index contributed by atoms with van der Waals surface area (Å²) < 4.78 is 10.7. The predicted molar refractivity (Wildman–Crippen MR) is 102 cm³/mol. The van der Waals surface area contributed by atoms with Crippen molar-refractivity contribution in [3.63, 3.8) is 0 Å². The van der Waals surface area contributed by atoms with Crippen LogP contribution in [0.25, 0.3) is 6.08 Å². The maximum Gasteiger partial charge on any atom is 0.247 e. The van der Waals surface area contributed by atoms with Crippen LogP contribution < -0.4 is 14.8 Å². The fourth-order valence-corrected chi connectivity index (χ4v) is 4.04. The number of carbonyl (C=O) groups excluding carboxylic acids is 1. The standard InChI is InChI=1S/C20H22N2O3S/c23-20(8-6-15-5-7-18-19(11-15)25-14-24-18)22(13-17-4-2-10-26-17)16-3-1-9-21-12-16/h2,4-8,10-11,16,21H,1,3,9,12-14H2/b8-6+. The molecule has 0 bridgehead atoms. The molecule has 0 spiro atoms. The van der Waals surface area contributed by atoms with E-state index in [4.69, 9.17) is 9.47 Å². The van der Waals surface area contributed by atoms with Gasteiger partial charge in [0.1, 0.15) is 0 Å². The van der Waals surface area contributed by atoms with Gasteiger partial charge in [-0.2, -0.15) is 0 Å². The van der Waals surface area contributed by atoms with Crippen molar-refractivity contribution < 1.29 is 14.3 Å². The van der Waals surface area contributed by atoms with Crippen molar-refractivity contribution in [2.45, 2.75) is 25.4 Å². The molecule has 26 heavy (non-hydrogen) atoms. The molecule has 2 aromatic rings. The van der Waals surface area contributed by atoms with Crippen LogP contribution in [0.1, 0.15) is 23.3 Å². The van der Waals surface area contributed by atoms with Crippen LogP contribution in [0.4, 0.5) is 0 Å². The zero-order valence-corrected chi connectivity index (χ0v) is 15.3. The normalized spacial score (nSPS) is 19.0. The second-order valence-electron chi connectivity index (χ2n) is 6.49. The first-order valence-corrected chi connectivity index (χ1v) is 9.79. The maximum absolute atomic E-state index is 12.9. The van der Waals surface area contributed by atoms with Gasteiger partial charge in [-0.15, -0.1) is 11.3 Å². The van der Waals surface area contributed by atoms with Gasteiger partial charge in [-0.25, -0.2) is 0 Å². The Hall–Kier alpha value is -2.31. The van der Waals surface area contributed by atoms with Gasteiger partial charge < -0.3 is 19.7 Å². The maximum atomic E-state index is 12.9. The van der Waals surface area contributed by atoms with Crippen molar-refractivity contribution in [3.8, 4) is 11.5 Å². The summed E-state index contributed by atoms with van der Waals surface area (Å²) in [6.07, 6.45) is 5.66. The van der Waals surface area contributed by atoms with E-state index < -0.39 is 0 Å². The fraction of sp³-hybridized carbons (Fsp3) is 0.350. The minimum absolute atomic E-state index is 0.0461. The van der Waals surface area contributed by atoms with E-state index in [2.05, 4.69) is 16.8 Å². The smallest absolute Gasteiger partial charge is 0.247 e. The molecule has 0 saturated carbocycles. The van der Waals surface area contributed by atoms with Gasteiger partial charge in [0.15, 0.2) is 11.5 Å². The molecule has 136 valence electrons. The molecule has 2 aliphatic heterocycles. The van der Waals surface area contributed by atoms with Crippen molar-refractivity contribution in [2.75, 3.05) is 19.9 Å². The lowest BCUT2D eigenvalue weighted by molar-refractivity contribution is -0.129. The highest BCUT2D eigenvalue weighted by molar-refractivity contribution is 7.09. The van der Waals surface area contributed by atoms with Gasteiger partial charge in [-0.1, -0.05) is 12.1 Å². The molecule has 1 aromatic carbocycles. The SMILES string of the molecule is O=C(/C=C/c1ccc2c(c1)OCO2)N(Cc1cccs1)C1CCCNC1. The monoisotopic (exact) mass is 370 g/mol. The zero-order valence-electron chi connectivity index (χ0n) is 14.5. The number of ether oxygens (including phenoxy) is 2. The Labute approximate surface area is 157 Å². The van der Waals surface area contributed by atoms with E-state index in [1.807, 2.05) is 35.2 Å². The first-order valence-electron chi connectivity index (χ1n) is 8.91. The molecule has 1 fully saturated rings. The predicted octanol–water partition coefficient (Wildman–Crippen LogP) is 3.27. The minimum Gasteiger partial charge on any atom is -0.454 e. The molecule has 1 amide bonds. The van der Waals surface area contributed by atoms with Crippen molar-refractivity contribution in [1.29, 1.82) is 0 Å². The van der Waals surface area contributed by atoms with Crippen LogP contribution in [0.5, 0.6) is 11.5 Å². The first-order chi connectivity index (χ1) is 12.8. The quantitative estimate of drug-likeness (QED) is 0.821. The van der Waals surface area contributed by atoms with E-state index in [-0.39, 0.29) is 18.7 Å². The minimum atomic E-state index is 0.0461. The Morgan fingerprint density at radius 1 is 1.31 bits per heavy atom. The topological polar surface area (TPSA) is 50.8 Å². The molecule has 3 heterocycles. The lowest BCUT2D eigenvalue weighted by atomic mass is 10.1.